The van der Waals surface area contributed by atoms with Gasteiger partial charge in [0.2, 0.25) is 0 Å². The molecular weight excluding hydrogens is 288 g/mol. The number of ether oxygens (including phenoxy) is 1. The third kappa shape index (κ3) is 4.36. The maximum atomic E-state index is 12.2. The average molecular weight is 306 g/mol. The molecule has 0 N–H and O–H groups in total. The van der Waals surface area contributed by atoms with Crippen molar-refractivity contribution >= 4 is 34.5 Å². The highest BCUT2D eigenvalue weighted by Gasteiger charge is 2.18. The van der Waals surface area contributed by atoms with E-state index in [2.05, 4.69) is 0 Å². The van der Waals surface area contributed by atoms with E-state index in [0.717, 1.165) is 5.39 Å². The van der Waals surface area contributed by atoms with E-state index in [1.54, 1.807) is 0 Å². The lowest BCUT2D eigenvalue weighted by atomic mass is 10.1. The number of ketones is 1. The number of carbonyl (C=O) groups excluding carboxylic acids is 2. The van der Waals surface area contributed by atoms with Crippen molar-refractivity contribution in [2.45, 2.75) is 26.4 Å². The fourth-order valence-electron chi connectivity index (χ4n) is 1.87. The zero-order valence-corrected chi connectivity index (χ0v) is 13.2. The molecule has 0 saturated heterocycles. The molecule has 112 valence electrons. The lowest BCUT2D eigenvalue weighted by Gasteiger charge is -2.19. The summed E-state index contributed by atoms with van der Waals surface area (Å²) in [5.74, 6) is 0.0348. The van der Waals surface area contributed by atoms with Crippen LogP contribution >= 0.6 is 11.8 Å². The third-order valence-electron chi connectivity index (χ3n) is 2.65. The molecule has 1 heterocycles. The van der Waals surface area contributed by atoms with Crippen LogP contribution in [0.2, 0.25) is 0 Å². The molecule has 0 aliphatic heterocycles. The van der Waals surface area contributed by atoms with Gasteiger partial charge in [-0.3, -0.25) is 9.59 Å². The van der Waals surface area contributed by atoms with Gasteiger partial charge in [0.05, 0.1) is 17.1 Å². The minimum atomic E-state index is -0.498. The van der Waals surface area contributed by atoms with Crippen LogP contribution in [0.25, 0.3) is 11.0 Å². The molecular formula is C16H18O4S. The Balaban J connectivity index is 1.89. The topological polar surface area (TPSA) is 56.5 Å². The Labute approximate surface area is 127 Å². The van der Waals surface area contributed by atoms with Crippen molar-refractivity contribution in [2.24, 2.45) is 0 Å². The van der Waals surface area contributed by atoms with E-state index in [4.69, 9.17) is 9.15 Å². The molecule has 2 rings (SSSR count). The highest BCUT2D eigenvalue weighted by Crippen LogP contribution is 2.22. The van der Waals surface area contributed by atoms with E-state index in [9.17, 15) is 9.59 Å². The van der Waals surface area contributed by atoms with Gasteiger partial charge in [0.1, 0.15) is 17.4 Å². The van der Waals surface area contributed by atoms with Gasteiger partial charge in [-0.1, -0.05) is 18.2 Å². The summed E-state index contributed by atoms with van der Waals surface area (Å²) < 4.78 is 10.5. The molecule has 0 aliphatic rings. The minimum Gasteiger partial charge on any atom is -0.464 e. The molecule has 0 amide bonds. The molecule has 21 heavy (non-hydrogen) atoms. The van der Waals surface area contributed by atoms with Crippen molar-refractivity contribution < 1.29 is 18.7 Å². The van der Waals surface area contributed by atoms with Crippen molar-refractivity contribution in [2.75, 3.05) is 11.5 Å². The predicted octanol–water partition coefficient (Wildman–Crippen LogP) is 3.69. The van der Waals surface area contributed by atoms with Gasteiger partial charge in [0.25, 0.3) is 0 Å². The van der Waals surface area contributed by atoms with Crippen LogP contribution in [0.3, 0.4) is 0 Å². The molecule has 0 aliphatic carbocycles. The van der Waals surface area contributed by atoms with Gasteiger partial charge in [-0.15, -0.1) is 11.8 Å². The van der Waals surface area contributed by atoms with Crippen LogP contribution < -0.4 is 0 Å². The number of carbonyl (C=O) groups is 2. The zero-order valence-electron chi connectivity index (χ0n) is 12.3. The first kappa shape index (κ1) is 15.6. The first-order valence-corrected chi connectivity index (χ1v) is 7.81. The Hall–Kier alpha value is -1.75. The Bertz CT molecular complexity index is 652. The van der Waals surface area contributed by atoms with E-state index < -0.39 is 5.60 Å². The van der Waals surface area contributed by atoms with Gasteiger partial charge in [0.15, 0.2) is 5.78 Å². The van der Waals surface area contributed by atoms with Crippen LogP contribution in [0, 0.1) is 0 Å². The summed E-state index contributed by atoms with van der Waals surface area (Å²) >= 11 is 1.25. The number of rotatable bonds is 5. The summed E-state index contributed by atoms with van der Waals surface area (Å²) in [5.41, 5.74) is 0.753. The molecule has 0 unspecified atom stereocenters. The van der Waals surface area contributed by atoms with Gasteiger partial charge >= 0.3 is 5.97 Å². The molecule has 0 bridgehead atoms. The van der Waals surface area contributed by atoms with Gasteiger partial charge in [0, 0.05) is 5.39 Å². The van der Waals surface area contributed by atoms with Crippen LogP contribution in [0.4, 0.5) is 0 Å². The zero-order chi connectivity index (χ0) is 15.5. The number of benzene rings is 1. The fraction of sp³-hybridized carbons (Fsp3) is 0.375. The van der Waals surface area contributed by atoms with Gasteiger partial charge in [-0.2, -0.15) is 0 Å². The maximum absolute atomic E-state index is 12.2. The van der Waals surface area contributed by atoms with Gasteiger partial charge < -0.3 is 9.15 Å². The number of esters is 1. The van der Waals surface area contributed by atoms with Crippen molar-refractivity contribution in [1.29, 1.82) is 0 Å². The number of hydrogen-bond acceptors (Lipinski definition) is 5. The second-order valence-corrected chi connectivity index (χ2v) is 6.63. The molecule has 0 radical (unpaired) electrons. The number of hydrogen-bond donors (Lipinski definition) is 0. The van der Waals surface area contributed by atoms with Gasteiger partial charge in [-0.25, -0.2) is 0 Å². The summed E-state index contributed by atoms with van der Waals surface area (Å²) in [6, 6.07) is 7.39. The van der Waals surface area contributed by atoms with Crippen LogP contribution in [0.15, 0.2) is 34.9 Å². The molecule has 0 atom stereocenters. The van der Waals surface area contributed by atoms with E-state index in [1.165, 1.54) is 18.0 Å². The van der Waals surface area contributed by atoms with Crippen LogP contribution in [0.1, 0.15) is 31.1 Å². The summed E-state index contributed by atoms with van der Waals surface area (Å²) in [4.78, 5) is 23.7. The van der Waals surface area contributed by atoms with Crippen molar-refractivity contribution in [3.8, 4) is 0 Å². The molecule has 1 aromatic carbocycles. The molecule has 4 nitrogen and oxygen atoms in total. The largest absolute Gasteiger partial charge is 0.464 e. The Morgan fingerprint density at radius 1 is 1.19 bits per heavy atom. The van der Waals surface area contributed by atoms with Gasteiger partial charge in [-0.05, 0) is 26.8 Å². The SMILES string of the molecule is CC(C)(C)OC(=O)CSCC(=O)c1coc2ccccc12. The third-order valence-corrected chi connectivity index (χ3v) is 3.56. The highest BCUT2D eigenvalue weighted by molar-refractivity contribution is 8.00. The van der Waals surface area contributed by atoms with E-state index in [0.29, 0.717) is 11.1 Å². The van der Waals surface area contributed by atoms with Crippen molar-refractivity contribution in [3.05, 3.63) is 36.1 Å². The fourth-order valence-corrected chi connectivity index (χ4v) is 2.54. The number of Topliss-reactive ketones (excluding diaryl/α,β-unsaturated/α-hetero) is 1. The molecule has 0 spiro atoms. The molecule has 5 heteroatoms. The number of fused-ring (bicyclic) bond motifs is 1. The summed E-state index contributed by atoms with van der Waals surface area (Å²) in [6.07, 6.45) is 1.47. The smallest absolute Gasteiger partial charge is 0.316 e. The first-order valence-electron chi connectivity index (χ1n) is 6.66. The summed E-state index contributed by atoms with van der Waals surface area (Å²) in [7, 11) is 0. The molecule has 1 aromatic heterocycles. The number of para-hydroxylation sites is 1. The van der Waals surface area contributed by atoms with Crippen molar-refractivity contribution in [3.63, 3.8) is 0 Å². The van der Waals surface area contributed by atoms with Crippen LogP contribution in [0.5, 0.6) is 0 Å². The average Bonchev–Trinajstić information content (AvgIpc) is 2.80. The number of furan rings is 1. The highest BCUT2D eigenvalue weighted by atomic mass is 32.2. The first-order chi connectivity index (χ1) is 9.87. The second-order valence-electron chi connectivity index (χ2n) is 5.65. The molecule has 2 aromatic rings. The van der Waals surface area contributed by atoms with Crippen molar-refractivity contribution in [1.82, 2.24) is 0 Å². The Morgan fingerprint density at radius 2 is 1.90 bits per heavy atom. The maximum Gasteiger partial charge on any atom is 0.316 e. The van der Waals surface area contributed by atoms with E-state index in [-0.39, 0.29) is 23.3 Å². The Kier molecular flexibility index (Phi) is 4.73. The molecule has 0 fully saturated rings. The standard InChI is InChI=1S/C16H18O4S/c1-16(2,3)20-15(18)10-21-9-13(17)12-8-19-14-7-5-4-6-11(12)14/h4-8H,9-10H2,1-3H3. The van der Waals surface area contributed by atoms with Crippen LogP contribution in [-0.2, 0) is 9.53 Å². The van der Waals surface area contributed by atoms with E-state index >= 15 is 0 Å². The van der Waals surface area contributed by atoms with E-state index in [1.807, 2.05) is 45.0 Å². The minimum absolute atomic E-state index is 0.0477. The Morgan fingerprint density at radius 3 is 2.62 bits per heavy atom. The summed E-state index contributed by atoms with van der Waals surface area (Å²) in [5, 5.41) is 0.806. The summed E-state index contributed by atoms with van der Waals surface area (Å²) in [6.45, 7) is 5.45. The quantitative estimate of drug-likeness (QED) is 0.623. The number of thioether (sulfide) groups is 1. The predicted molar refractivity (Wildman–Crippen MR) is 83.7 cm³/mol. The normalized spacial score (nSPS) is 11.6. The van der Waals surface area contributed by atoms with Crippen LogP contribution in [-0.4, -0.2) is 28.9 Å². The second kappa shape index (κ2) is 6.35. The lowest BCUT2D eigenvalue weighted by Crippen LogP contribution is -2.25. The lowest BCUT2D eigenvalue weighted by molar-refractivity contribution is -0.151. The monoisotopic (exact) mass is 306 g/mol. The molecule has 0 saturated carbocycles.